The van der Waals surface area contributed by atoms with E-state index in [1.54, 1.807) is 0 Å². The van der Waals surface area contributed by atoms with E-state index in [9.17, 15) is 13.2 Å². The molecule has 1 unspecified atom stereocenters. The third kappa shape index (κ3) is 3.13. The van der Waals surface area contributed by atoms with E-state index in [1.807, 2.05) is 18.7 Å². The number of ether oxygens (including phenoxy) is 1. The van der Waals surface area contributed by atoms with Gasteiger partial charge in [-0.15, -0.1) is 0 Å². The minimum atomic E-state index is -1.45. The lowest BCUT2D eigenvalue weighted by atomic mass is 10.0. The molecule has 1 heterocycles. The molecule has 0 spiro atoms. The van der Waals surface area contributed by atoms with E-state index in [2.05, 4.69) is 0 Å². The Balaban J connectivity index is 2.28. The lowest BCUT2D eigenvalue weighted by molar-refractivity contribution is -0.0799. The normalized spacial score (nSPS) is 25.7. The smallest absolute Gasteiger partial charge is 0.194 e. The maximum atomic E-state index is 13.4. The molecule has 0 saturated carbocycles. The lowest BCUT2D eigenvalue weighted by Crippen LogP contribution is -2.48. The zero-order chi connectivity index (χ0) is 14.9. The highest BCUT2D eigenvalue weighted by Gasteiger charge is 2.29. The Morgan fingerprint density at radius 3 is 2.15 bits per heavy atom. The van der Waals surface area contributed by atoms with E-state index in [1.165, 1.54) is 0 Å². The molecule has 1 fully saturated rings. The molecule has 1 aromatic carbocycles. The van der Waals surface area contributed by atoms with Crippen LogP contribution in [-0.4, -0.2) is 36.7 Å². The molecule has 1 aliphatic heterocycles. The summed E-state index contributed by atoms with van der Waals surface area (Å²) in [6.45, 7) is 5.30. The van der Waals surface area contributed by atoms with E-state index in [0.29, 0.717) is 18.7 Å². The van der Waals surface area contributed by atoms with Crippen molar-refractivity contribution in [3.63, 3.8) is 0 Å². The molecule has 1 aromatic rings. The fourth-order valence-electron chi connectivity index (χ4n) is 2.74. The van der Waals surface area contributed by atoms with Crippen LogP contribution in [0, 0.1) is 17.5 Å². The summed E-state index contributed by atoms with van der Waals surface area (Å²) in [4.78, 5) is 2.02. The quantitative estimate of drug-likeness (QED) is 0.867. The highest BCUT2D eigenvalue weighted by atomic mass is 19.2. The van der Waals surface area contributed by atoms with Crippen molar-refractivity contribution in [2.45, 2.75) is 32.1 Å². The highest BCUT2D eigenvalue weighted by Crippen LogP contribution is 2.26. The third-order valence-electron chi connectivity index (χ3n) is 3.50. The summed E-state index contributed by atoms with van der Waals surface area (Å²) >= 11 is 0. The molecule has 2 rings (SSSR count). The predicted molar refractivity (Wildman–Crippen MR) is 69.7 cm³/mol. The summed E-state index contributed by atoms with van der Waals surface area (Å²) in [5, 5.41) is 0. The zero-order valence-corrected chi connectivity index (χ0v) is 11.6. The molecule has 1 aliphatic rings. The maximum Gasteiger partial charge on any atom is 0.194 e. The number of hydrogen-bond acceptors (Lipinski definition) is 3. The molecule has 3 nitrogen and oxygen atoms in total. The molecule has 1 saturated heterocycles. The second kappa shape index (κ2) is 6.11. The van der Waals surface area contributed by atoms with Gasteiger partial charge in [0.05, 0.1) is 12.2 Å². The van der Waals surface area contributed by atoms with Crippen molar-refractivity contribution in [1.29, 1.82) is 0 Å². The van der Waals surface area contributed by atoms with Gasteiger partial charge in [0.1, 0.15) is 0 Å². The Labute approximate surface area is 116 Å². The first-order valence-electron chi connectivity index (χ1n) is 6.66. The Morgan fingerprint density at radius 1 is 1.20 bits per heavy atom. The molecule has 0 bridgehead atoms. The summed E-state index contributed by atoms with van der Waals surface area (Å²) in [5.74, 6) is -3.83. The van der Waals surface area contributed by atoms with Crippen LogP contribution >= 0.6 is 0 Å². The van der Waals surface area contributed by atoms with Crippen LogP contribution in [0.3, 0.4) is 0 Å². The molecule has 0 radical (unpaired) electrons. The molecular formula is C14H19F3N2O. The van der Waals surface area contributed by atoms with E-state index in [4.69, 9.17) is 10.5 Å². The van der Waals surface area contributed by atoms with Gasteiger partial charge in [0.15, 0.2) is 17.5 Å². The van der Waals surface area contributed by atoms with Crippen LogP contribution in [-0.2, 0) is 4.74 Å². The lowest BCUT2D eigenvalue weighted by Gasteiger charge is -2.40. The van der Waals surface area contributed by atoms with Crippen LogP contribution < -0.4 is 5.73 Å². The largest absolute Gasteiger partial charge is 0.373 e. The van der Waals surface area contributed by atoms with Crippen molar-refractivity contribution >= 4 is 0 Å². The number of rotatable bonds is 3. The van der Waals surface area contributed by atoms with Crippen LogP contribution in [0.5, 0.6) is 0 Å². The van der Waals surface area contributed by atoms with E-state index in [0.717, 1.165) is 12.1 Å². The zero-order valence-electron chi connectivity index (χ0n) is 11.6. The van der Waals surface area contributed by atoms with Gasteiger partial charge in [-0.2, -0.15) is 0 Å². The van der Waals surface area contributed by atoms with Crippen molar-refractivity contribution in [2.75, 3.05) is 19.6 Å². The first-order chi connectivity index (χ1) is 9.42. The summed E-state index contributed by atoms with van der Waals surface area (Å²) < 4.78 is 45.4. The summed E-state index contributed by atoms with van der Waals surface area (Å²) in [6, 6.07) is 1.68. The van der Waals surface area contributed by atoms with Crippen LogP contribution in [0.1, 0.15) is 25.5 Å². The summed E-state index contributed by atoms with van der Waals surface area (Å²) in [5.41, 5.74) is 6.10. The molecule has 0 aromatic heterocycles. The molecule has 20 heavy (non-hydrogen) atoms. The van der Waals surface area contributed by atoms with E-state index < -0.39 is 17.5 Å². The van der Waals surface area contributed by atoms with Gasteiger partial charge in [-0.25, -0.2) is 13.2 Å². The van der Waals surface area contributed by atoms with Crippen molar-refractivity contribution in [3.8, 4) is 0 Å². The first kappa shape index (κ1) is 15.3. The second-order valence-electron chi connectivity index (χ2n) is 5.26. The van der Waals surface area contributed by atoms with Crippen molar-refractivity contribution in [3.05, 3.63) is 35.1 Å². The molecular weight excluding hydrogens is 269 g/mol. The van der Waals surface area contributed by atoms with Crippen LogP contribution in [0.2, 0.25) is 0 Å². The third-order valence-corrected chi connectivity index (χ3v) is 3.50. The fourth-order valence-corrected chi connectivity index (χ4v) is 2.74. The summed E-state index contributed by atoms with van der Waals surface area (Å²) in [6.07, 6.45) is 0.0332. The molecule has 2 N–H and O–H groups in total. The van der Waals surface area contributed by atoms with Crippen molar-refractivity contribution in [2.24, 2.45) is 5.73 Å². The fraction of sp³-hybridized carbons (Fsp3) is 0.571. The number of benzene rings is 1. The summed E-state index contributed by atoms with van der Waals surface area (Å²) in [7, 11) is 0. The van der Waals surface area contributed by atoms with Crippen LogP contribution in [0.4, 0.5) is 13.2 Å². The number of hydrogen-bond donors (Lipinski definition) is 1. The van der Waals surface area contributed by atoms with Gasteiger partial charge in [0, 0.05) is 25.7 Å². The Morgan fingerprint density at radius 2 is 1.70 bits per heavy atom. The minimum Gasteiger partial charge on any atom is -0.373 e. The van der Waals surface area contributed by atoms with Gasteiger partial charge in [-0.1, -0.05) is 0 Å². The number of morpholine rings is 1. The highest BCUT2D eigenvalue weighted by molar-refractivity contribution is 5.23. The van der Waals surface area contributed by atoms with Crippen LogP contribution in [0.15, 0.2) is 12.1 Å². The number of nitrogens with two attached hydrogens (primary N) is 1. The van der Waals surface area contributed by atoms with Gasteiger partial charge in [-0.3, -0.25) is 4.90 Å². The van der Waals surface area contributed by atoms with Crippen LogP contribution in [0.25, 0.3) is 0 Å². The van der Waals surface area contributed by atoms with E-state index in [-0.39, 0.29) is 24.8 Å². The SMILES string of the molecule is C[C@@H]1CN(C(CN)c2cc(F)c(F)c(F)c2)C[C@H](C)O1. The van der Waals surface area contributed by atoms with Gasteiger partial charge < -0.3 is 10.5 Å². The topological polar surface area (TPSA) is 38.5 Å². The van der Waals surface area contributed by atoms with Gasteiger partial charge in [-0.05, 0) is 31.5 Å². The Bertz CT molecular complexity index is 450. The maximum absolute atomic E-state index is 13.4. The molecule has 6 heteroatoms. The number of nitrogens with zero attached hydrogens (tertiary/aromatic N) is 1. The van der Waals surface area contributed by atoms with Gasteiger partial charge in [0.25, 0.3) is 0 Å². The molecule has 0 amide bonds. The molecule has 3 atom stereocenters. The van der Waals surface area contributed by atoms with Crippen molar-refractivity contribution < 1.29 is 17.9 Å². The standard InChI is InChI=1S/C14H19F3N2O/c1-8-6-19(7-9(2)20-8)13(5-18)10-3-11(15)14(17)12(16)4-10/h3-4,8-9,13H,5-7,18H2,1-2H3/t8-,9+,13?. The molecule has 0 aliphatic carbocycles. The average molecular weight is 288 g/mol. The number of halogens is 3. The molecule has 112 valence electrons. The second-order valence-corrected chi connectivity index (χ2v) is 5.26. The monoisotopic (exact) mass is 288 g/mol. The Hall–Kier alpha value is -1.11. The van der Waals surface area contributed by atoms with E-state index >= 15 is 0 Å². The predicted octanol–water partition coefficient (Wildman–Crippen LogP) is 2.21. The van der Waals surface area contributed by atoms with Gasteiger partial charge in [0.2, 0.25) is 0 Å². The first-order valence-corrected chi connectivity index (χ1v) is 6.66. The Kier molecular flexibility index (Phi) is 4.67. The van der Waals surface area contributed by atoms with Gasteiger partial charge >= 0.3 is 0 Å². The minimum absolute atomic E-state index is 0.0166. The average Bonchev–Trinajstić information content (AvgIpc) is 2.35. The van der Waals surface area contributed by atoms with Crippen molar-refractivity contribution in [1.82, 2.24) is 4.90 Å².